The highest BCUT2D eigenvalue weighted by atomic mass is 35.5. The zero-order valence-corrected chi connectivity index (χ0v) is 10.2. The molecule has 1 amide bonds. The summed E-state index contributed by atoms with van der Waals surface area (Å²) in [4.78, 5) is 15.3. The average Bonchev–Trinajstić information content (AvgIpc) is 2.96. The molecule has 1 aromatic carbocycles. The summed E-state index contributed by atoms with van der Waals surface area (Å²) in [5.74, 6) is -0.239. The third kappa shape index (κ3) is 1.74. The quantitative estimate of drug-likeness (QED) is 0.797. The van der Waals surface area contributed by atoms with Crippen LogP contribution in [0.4, 0.5) is 5.69 Å². The van der Waals surface area contributed by atoms with Crippen molar-refractivity contribution < 1.29 is 4.79 Å². The van der Waals surface area contributed by atoms with E-state index in [1.165, 1.54) is 11.0 Å². The first-order valence-corrected chi connectivity index (χ1v) is 5.70. The SMILES string of the molecule is N#Cc1ncn(-c2cc3c(cc2Cl)C(N)C(=O)N3)n1. The third-order valence-corrected chi connectivity index (χ3v) is 3.14. The number of nitrogens with zero attached hydrogens (tertiary/aromatic N) is 4. The van der Waals surface area contributed by atoms with E-state index in [0.29, 0.717) is 22.0 Å². The standard InChI is InChI=1S/C11H7ClN6O/c12-6-1-5-7(16-11(19)10(5)14)2-8(6)18-4-15-9(3-13)17-18/h1-2,4,10H,14H2,(H,16,19). The molecule has 7 nitrogen and oxygen atoms in total. The van der Waals surface area contributed by atoms with E-state index in [0.717, 1.165) is 0 Å². The fraction of sp³-hybridized carbons (Fsp3) is 0.0909. The van der Waals surface area contributed by atoms with Gasteiger partial charge in [-0.25, -0.2) is 9.67 Å². The van der Waals surface area contributed by atoms with Gasteiger partial charge in [0.05, 0.1) is 10.7 Å². The fourth-order valence-electron chi connectivity index (χ4n) is 1.90. The van der Waals surface area contributed by atoms with E-state index < -0.39 is 6.04 Å². The Balaban J connectivity index is 2.12. The van der Waals surface area contributed by atoms with Crippen molar-refractivity contribution in [3.63, 3.8) is 0 Å². The minimum absolute atomic E-state index is 0.0392. The van der Waals surface area contributed by atoms with Gasteiger partial charge in [0, 0.05) is 11.3 Å². The number of nitrogens with two attached hydrogens (primary N) is 1. The monoisotopic (exact) mass is 274 g/mol. The summed E-state index contributed by atoms with van der Waals surface area (Å²) in [5, 5.41) is 15.7. The first-order valence-electron chi connectivity index (χ1n) is 5.32. The zero-order chi connectivity index (χ0) is 13.6. The summed E-state index contributed by atoms with van der Waals surface area (Å²) < 4.78 is 1.37. The Hall–Kier alpha value is -2.43. The van der Waals surface area contributed by atoms with Crippen LogP contribution < -0.4 is 11.1 Å². The number of fused-ring (bicyclic) bond motifs is 1. The molecule has 0 saturated carbocycles. The zero-order valence-electron chi connectivity index (χ0n) is 9.46. The van der Waals surface area contributed by atoms with Crippen molar-refractivity contribution >= 4 is 23.2 Å². The predicted octanol–water partition coefficient (Wildman–Crippen LogP) is 0.744. The van der Waals surface area contributed by atoms with Gasteiger partial charge in [-0.1, -0.05) is 11.6 Å². The summed E-state index contributed by atoms with van der Waals surface area (Å²) in [5.41, 5.74) is 7.47. The van der Waals surface area contributed by atoms with Crippen molar-refractivity contribution in [3.05, 3.63) is 34.9 Å². The fourth-order valence-corrected chi connectivity index (χ4v) is 2.16. The Bertz CT molecular complexity index is 731. The lowest BCUT2D eigenvalue weighted by atomic mass is 10.1. The summed E-state index contributed by atoms with van der Waals surface area (Å²) in [6.07, 6.45) is 1.38. The van der Waals surface area contributed by atoms with Gasteiger partial charge in [0.25, 0.3) is 5.82 Å². The number of hydrogen-bond donors (Lipinski definition) is 2. The molecule has 2 heterocycles. The number of nitrogens with one attached hydrogen (secondary N) is 1. The number of rotatable bonds is 1. The molecule has 1 unspecified atom stereocenters. The molecule has 1 aliphatic rings. The number of aromatic nitrogens is 3. The first kappa shape index (κ1) is 11.6. The highest BCUT2D eigenvalue weighted by Crippen LogP contribution is 2.35. The number of hydrogen-bond acceptors (Lipinski definition) is 5. The number of halogens is 1. The van der Waals surface area contributed by atoms with Crippen LogP contribution in [0.25, 0.3) is 5.69 Å². The second-order valence-corrected chi connectivity index (χ2v) is 4.39. The molecule has 0 radical (unpaired) electrons. The Morgan fingerprint density at radius 2 is 2.32 bits per heavy atom. The molecule has 0 spiro atoms. The molecule has 3 rings (SSSR count). The van der Waals surface area contributed by atoms with Crippen molar-refractivity contribution in [2.75, 3.05) is 5.32 Å². The highest BCUT2D eigenvalue weighted by molar-refractivity contribution is 6.32. The van der Waals surface area contributed by atoms with Gasteiger partial charge in [-0.2, -0.15) is 5.26 Å². The second-order valence-electron chi connectivity index (χ2n) is 3.98. The number of benzene rings is 1. The molecule has 1 atom stereocenters. The summed E-state index contributed by atoms with van der Waals surface area (Å²) >= 11 is 6.14. The number of amides is 1. The normalized spacial score (nSPS) is 16.9. The van der Waals surface area contributed by atoms with Crippen molar-refractivity contribution in [2.45, 2.75) is 6.04 Å². The van der Waals surface area contributed by atoms with Crippen molar-refractivity contribution in [3.8, 4) is 11.8 Å². The topological polar surface area (TPSA) is 110 Å². The van der Waals surface area contributed by atoms with Crippen LogP contribution >= 0.6 is 11.6 Å². The van der Waals surface area contributed by atoms with Gasteiger partial charge in [-0.05, 0) is 12.1 Å². The number of carbonyl (C=O) groups excluding carboxylic acids is 1. The van der Waals surface area contributed by atoms with Crippen molar-refractivity contribution in [1.82, 2.24) is 14.8 Å². The Kier molecular flexibility index (Phi) is 2.48. The van der Waals surface area contributed by atoms with Crippen LogP contribution in [0.3, 0.4) is 0 Å². The molecule has 3 N–H and O–H groups in total. The van der Waals surface area contributed by atoms with Gasteiger partial charge in [0.2, 0.25) is 5.91 Å². The van der Waals surface area contributed by atoms with Crippen molar-refractivity contribution in [2.24, 2.45) is 5.73 Å². The maximum Gasteiger partial charge on any atom is 0.252 e. The molecule has 0 aliphatic carbocycles. The minimum atomic E-state index is -0.716. The van der Waals surface area contributed by atoms with Crippen LogP contribution in [0.2, 0.25) is 5.02 Å². The molecule has 0 saturated heterocycles. The molecule has 1 aliphatic heterocycles. The Morgan fingerprint density at radius 1 is 1.53 bits per heavy atom. The lowest BCUT2D eigenvalue weighted by Gasteiger charge is -2.07. The molecule has 2 aromatic rings. The average molecular weight is 275 g/mol. The number of carbonyl (C=O) groups is 1. The molecule has 0 fully saturated rings. The van der Waals surface area contributed by atoms with Crippen LogP contribution in [0.5, 0.6) is 0 Å². The van der Waals surface area contributed by atoms with E-state index in [1.807, 2.05) is 6.07 Å². The van der Waals surface area contributed by atoms with E-state index in [9.17, 15) is 4.79 Å². The molecule has 19 heavy (non-hydrogen) atoms. The second kappa shape index (κ2) is 4.05. The van der Waals surface area contributed by atoms with Gasteiger partial charge in [-0.15, -0.1) is 5.10 Å². The van der Waals surface area contributed by atoms with Crippen molar-refractivity contribution in [1.29, 1.82) is 5.26 Å². The van der Waals surface area contributed by atoms with Crippen LogP contribution in [0.15, 0.2) is 18.5 Å². The molecular weight excluding hydrogens is 268 g/mol. The smallest absolute Gasteiger partial charge is 0.252 e. The maximum absolute atomic E-state index is 11.5. The lowest BCUT2D eigenvalue weighted by molar-refractivity contribution is -0.116. The lowest BCUT2D eigenvalue weighted by Crippen LogP contribution is -2.19. The summed E-state index contributed by atoms with van der Waals surface area (Å²) in [6, 6.07) is 4.38. The van der Waals surface area contributed by atoms with Crippen LogP contribution in [-0.4, -0.2) is 20.7 Å². The van der Waals surface area contributed by atoms with Gasteiger partial charge >= 0.3 is 0 Å². The molecule has 0 bridgehead atoms. The van der Waals surface area contributed by atoms with Gasteiger partial charge in [-0.3, -0.25) is 4.79 Å². The Labute approximate surface area is 112 Å². The first-order chi connectivity index (χ1) is 9.10. The predicted molar refractivity (Wildman–Crippen MR) is 66.6 cm³/mol. The van der Waals surface area contributed by atoms with Crippen LogP contribution in [0.1, 0.15) is 17.4 Å². The summed E-state index contributed by atoms with van der Waals surface area (Å²) in [7, 11) is 0. The largest absolute Gasteiger partial charge is 0.324 e. The van der Waals surface area contributed by atoms with Gasteiger partial charge in [0.15, 0.2) is 0 Å². The Morgan fingerprint density at radius 3 is 3.00 bits per heavy atom. The summed E-state index contributed by atoms with van der Waals surface area (Å²) in [6.45, 7) is 0. The number of nitriles is 1. The third-order valence-electron chi connectivity index (χ3n) is 2.83. The van der Waals surface area contributed by atoms with Gasteiger partial charge in [0.1, 0.15) is 18.4 Å². The molecule has 1 aromatic heterocycles. The van der Waals surface area contributed by atoms with E-state index in [1.54, 1.807) is 12.1 Å². The van der Waals surface area contributed by atoms with Crippen LogP contribution in [-0.2, 0) is 4.79 Å². The van der Waals surface area contributed by atoms with E-state index in [4.69, 9.17) is 22.6 Å². The minimum Gasteiger partial charge on any atom is -0.324 e. The van der Waals surface area contributed by atoms with E-state index in [2.05, 4.69) is 15.4 Å². The molecule has 8 heteroatoms. The maximum atomic E-state index is 11.5. The number of anilines is 1. The highest BCUT2D eigenvalue weighted by Gasteiger charge is 2.28. The van der Waals surface area contributed by atoms with Crippen LogP contribution in [0, 0.1) is 11.3 Å². The van der Waals surface area contributed by atoms with Gasteiger partial charge < -0.3 is 11.1 Å². The molecular formula is C11H7ClN6O. The van der Waals surface area contributed by atoms with E-state index >= 15 is 0 Å². The van der Waals surface area contributed by atoms with E-state index in [-0.39, 0.29) is 11.7 Å². The molecule has 94 valence electrons.